The lowest BCUT2D eigenvalue weighted by atomic mass is 10.1. The molecule has 1 amide bonds. The van der Waals surface area contributed by atoms with Crippen molar-refractivity contribution in [3.63, 3.8) is 0 Å². The van der Waals surface area contributed by atoms with Crippen molar-refractivity contribution in [1.82, 2.24) is 19.6 Å². The Labute approximate surface area is 160 Å². The Kier molecular flexibility index (Phi) is 4.19. The third kappa shape index (κ3) is 2.76. The highest BCUT2D eigenvalue weighted by Gasteiger charge is 2.32. The first-order valence-electron chi connectivity index (χ1n) is 8.60. The number of para-hydroxylation sites is 1. The molecule has 26 heavy (non-hydrogen) atoms. The molecule has 0 spiro atoms. The van der Waals surface area contributed by atoms with E-state index in [1.165, 1.54) is 5.56 Å². The molecule has 0 saturated heterocycles. The molecule has 1 aliphatic rings. The second-order valence-electron chi connectivity index (χ2n) is 6.72. The quantitative estimate of drug-likeness (QED) is 0.659. The van der Waals surface area contributed by atoms with Crippen LogP contribution in [0.25, 0.3) is 0 Å². The number of carbonyl (C=O) groups is 1. The van der Waals surface area contributed by atoms with Gasteiger partial charge < -0.3 is 4.90 Å². The van der Waals surface area contributed by atoms with Crippen LogP contribution in [0.15, 0.2) is 41.0 Å². The summed E-state index contributed by atoms with van der Waals surface area (Å²) in [5, 5.41) is 8.98. The first-order chi connectivity index (χ1) is 12.5. The fourth-order valence-electron chi connectivity index (χ4n) is 3.50. The predicted molar refractivity (Wildman–Crippen MR) is 103 cm³/mol. The van der Waals surface area contributed by atoms with Crippen LogP contribution in [0.2, 0.25) is 0 Å². The molecule has 0 saturated carbocycles. The average Bonchev–Trinajstić information content (AvgIpc) is 3.28. The van der Waals surface area contributed by atoms with Gasteiger partial charge >= 0.3 is 0 Å². The Bertz CT molecular complexity index is 990. The highest BCUT2D eigenvalue weighted by Crippen LogP contribution is 2.32. The van der Waals surface area contributed by atoms with Crippen LogP contribution in [0.1, 0.15) is 34.4 Å². The third-order valence-corrected chi connectivity index (χ3v) is 6.01. The number of hydrogen-bond donors (Lipinski definition) is 0. The summed E-state index contributed by atoms with van der Waals surface area (Å²) in [6.07, 6.45) is 2.70. The largest absolute Gasteiger partial charge is 0.304 e. The molecule has 4 rings (SSSR count). The Morgan fingerprint density at radius 1 is 1.23 bits per heavy atom. The van der Waals surface area contributed by atoms with Gasteiger partial charge in [-0.05, 0) is 60.8 Å². The Balaban J connectivity index is 1.58. The summed E-state index contributed by atoms with van der Waals surface area (Å²) in [6, 6.07) is 9.98. The second kappa shape index (κ2) is 6.39. The van der Waals surface area contributed by atoms with Gasteiger partial charge in [0.1, 0.15) is 6.67 Å². The van der Waals surface area contributed by atoms with Crippen LogP contribution < -0.4 is 4.90 Å². The SMILES string of the molecule is Cc1nn(Cn2ccc(C(=O)N3c4ccccc4CC3C)n2)c(C)c1Br. The lowest BCUT2D eigenvalue weighted by molar-refractivity contribution is 0.0975. The van der Waals surface area contributed by atoms with E-state index in [9.17, 15) is 4.79 Å². The number of nitrogens with zero attached hydrogens (tertiary/aromatic N) is 5. The van der Waals surface area contributed by atoms with E-state index in [1.54, 1.807) is 10.7 Å². The van der Waals surface area contributed by atoms with Crippen molar-refractivity contribution in [3.8, 4) is 0 Å². The number of hydrogen-bond acceptors (Lipinski definition) is 3. The van der Waals surface area contributed by atoms with Gasteiger partial charge in [-0.1, -0.05) is 18.2 Å². The number of aryl methyl sites for hydroxylation is 1. The molecule has 0 aliphatic carbocycles. The van der Waals surface area contributed by atoms with Crippen molar-refractivity contribution in [2.75, 3.05) is 4.90 Å². The molecule has 7 heteroatoms. The maximum atomic E-state index is 13.0. The number of carbonyl (C=O) groups excluding carboxylic acids is 1. The molecule has 3 heterocycles. The van der Waals surface area contributed by atoms with E-state index in [-0.39, 0.29) is 11.9 Å². The van der Waals surface area contributed by atoms with E-state index < -0.39 is 0 Å². The maximum absolute atomic E-state index is 13.0. The summed E-state index contributed by atoms with van der Waals surface area (Å²) >= 11 is 3.53. The number of benzene rings is 1. The Morgan fingerprint density at radius 3 is 2.73 bits per heavy atom. The summed E-state index contributed by atoms with van der Waals surface area (Å²) in [7, 11) is 0. The fraction of sp³-hybridized carbons (Fsp3) is 0.316. The van der Waals surface area contributed by atoms with E-state index in [4.69, 9.17) is 0 Å². The standard InChI is InChI=1S/C19H20BrN5O/c1-12-10-15-6-4-5-7-17(15)25(12)19(26)16-8-9-23(22-16)11-24-14(3)18(20)13(2)21-24/h4-9,12H,10-11H2,1-3H3. The van der Waals surface area contributed by atoms with E-state index in [2.05, 4.69) is 39.1 Å². The topological polar surface area (TPSA) is 56.0 Å². The molecule has 0 radical (unpaired) electrons. The van der Waals surface area contributed by atoms with Crippen molar-refractivity contribution < 1.29 is 4.79 Å². The van der Waals surface area contributed by atoms with E-state index in [0.29, 0.717) is 12.4 Å². The van der Waals surface area contributed by atoms with Gasteiger partial charge in [0.15, 0.2) is 5.69 Å². The molecular weight excluding hydrogens is 394 g/mol. The smallest absolute Gasteiger partial charge is 0.279 e. The van der Waals surface area contributed by atoms with Crippen LogP contribution in [-0.4, -0.2) is 31.5 Å². The summed E-state index contributed by atoms with van der Waals surface area (Å²) < 4.78 is 4.61. The maximum Gasteiger partial charge on any atom is 0.279 e. The van der Waals surface area contributed by atoms with Gasteiger partial charge in [0.25, 0.3) is 5.91 Å². The molecule has 1 atom stereocenters. The molecular formula is C19H20BrN5O. The summed E-state index contributed by atoms with van der Waals surface area (Å²) in [5.41, 5.74) is 4.62. The van der Waals surface area contributed by atoms with Crippen LogP contribution in [-0.2, 0) is 13.1 Å². The summed E-state index contributed by atoms with van der Waals surface area (Å²) in [5.74, 6) is -0.0595. The monoisotopic (exact) mass is 413 g/mol. The minimum absolute atomic E-state index is 0.0595. The molecule has 0 bridgehead atoms. The molecule has 3 aromatic rings. The van der Waals surface area contributed by atoms with Gasteiger partial charge in [0.05, 0.1) is 15.9 Å². The Hall–Kier alpha value is -2.41. The number of rotatable bonds is 3. The highest BCUT2D eigenvalue weighted by atomic mass is 79.9. The molecule has 0 N–H and O–H groups in total. The number of aromatic nitrogens is 4. The van der Waals surface area contributed by atoms with Gasteiger partial charge in [-0.15, -0.1) is 0 Å². The minimum Gasteiger partial charge on any atom is -0.304 e. The summed E-state index contributed by atoms with van der Waals surface area (Å²) in [6.45, 7) is 6.50. The fourth-order valence-corrected chi connectivity index (χ4v) is 3.79. The van der Waals surface area contributed by atoms with E-state index in [1.807, 2.05) is 47.8 Å². The number of amides is 1. The van der Waals surface area contributed by atoms with Gasteiger partial charge in [-0.3, -0.25) is 9.48 Å². The third-order valence-electron chi connectivity index (χ3n) is 4.86. The molecule has 0 fully saturated rings. The molecule has 6 nitrogen and oxygen atoms in total. The molecule has 134 valence electrons. The molecule has 1 aromatic carbocycles. The summed E-state index contributed by atoms with van der Waals surface area (Å²) in [4.78, 5) is 14.9. The van der Waals surface area contributed by atoms with Crippen LogP contribution in [0.4, 0.5) is 5.69 Å². The van der Waals surface area contributed by atoms with Crippen molar-refractivity contribution in [1.29, 1.82) is 0 Å². The normalized spacial score (nSPS) is 16.2. The first kappa shape index (κ1) is 17.0. The first-order valence-corrected chi connectivity index (χ1v) is 9.39. The zero-order valence-electron chi connectivity index (χ0n) is 15.0. The zero-order chi connectivity index (χ0) is 18.4. The average molecular weight is 414 g/mol. The van der Waals surface area contributed by atoms with Crippen molar-refractivity contribution in [3.05, 3.63) is 63.6 Å². The second-order valence-corrected chi connectivity index (χ2v) is 7.52. The number of halogens is 1. The molecule has 2 aromatic heterocycles. The number of anilines is 1. The highest BCUT2D eigenvalue weighted by molar-refractivity contribution is 9.10. The molecule has 1 aliphatic heterocycles. The lowest BCUT2D eigenvalue weighted by Crippen LogP contribution is -2.36. The van der Waals surface area contributed by atoms with Gasteiger partial charge in [-0.2, -0.15) is 10.2 Å². The van der Waals surface area contributed by atoms with Crippen molar-refractivity contribution in [2.45, 2.75) is 39.9 Å². The van der Waals surface area contributed by atoms with Crippen molar-refractivity contribution in [2.24, 2.45) is 0 Å². The van der Waals surface area contributed by atoms with Crippen LogP contribution in [0.5, 0.6) is 0 Å². The van der Waals surface area contributed by atoms with E-state index in [0.717, 1.165) is 28.0 Å². The number of fused-ring (bicyclic) bond motifs is 1. The van der Waals surface area contributed by atoms with Crippen LogP contribution in [0, 0.1) is 13.8 Å². The Morgan fingerprint density at radius 2 is 2.00 bits per heavy atom. The lowest BCUT2D eigenvalue weighted by Gasteiger charge is -2.21. The van der Waals surface area contributed by atoms with E-state index >= 15 is 0 Å². The van der Waals surface area contributed by atoms with Gasteiger partial charge in [0.2, 0.25) is 0 Å². The van der Waals surface area contributed by atoms with Gasteiger partial charge in [0, 0.05) is 17.9 Å². The van der Waals surface area contributed by atoms with Crippen LogP contribution >= 0.6 is 15.9 Å². The van der Waals surface area contributed by atoms with Crippen LogP contribution in [0.3, 0.4) is 0 Å². The predicted octanol–water partition coefficient (Wildman–Crippen LogP) is 3.56. The minimum atomic E-state index is -0.0595. The van der Waals surface area contributed by atoms with Crippen molar-refractivity contribution >= 4 is 27.5 Å². The zero-order valence-corrected chi connectivity index (χ0v) is 16.6. The van der Waals surface area contributed by atoms with Gasteiger partial charge in [-0.25, -0.2) is 4.68 Å². The molecule has 1 unspecified atom stereocenters.